The number of carbonyl (C=O) groups excluding carboxylic acids is 1. The molecule has 0 aromatic heterocycles. The van der Waals surface area contributed by atoms with Crippen LogP contribution in [0.1, 0.15) is 29.8 Å². The first-order valence-electron chi connectivity index (χ1n) is 9.51. The predicted octanol–water partition coefficient (Wildman–Crippen LogP) is 3.14. The van der Waals surface area contributed by atoms with E-state index in [-0.39, 0.29) is 16.2 Å². The van der Waals surface area contributed by atoms with Gasteiger partial charge in [0.1, 0.15) is 0 Å². The summed E-state index contributed by atoms with van der Waals surface area (Å²) in [7, 11) is 1.86. The third-order valence-electron chi connectivity index (χ3n) is 4.64. The molecule has 158 valence electrons. The van der Waals surface area contributed by atoms with E-state index in [1.807, 2.05) is 21.0 Å². The van der Waals surface area contributed by atoms with Crippen molar-refractivity contribution in [1.29, 1.82) is 0 Å². The molecule has 1 N–H and O–H groups in total. The van der Waals surface area contributed by atoms with Crippen molar-refractivity contribution in [3.8, 4) is 0 Å². The molecule has 0 aliphatic rings. The highest BCUT2D eigenvalue weighted by molar-refractivity contribution is 7.92. The van der Waals surface area contributed by atoms with E-state index < -0.39 is 10.0 Å². The first-order valence-corrected chi connectivity index (χ1v) is 10.9. The zero-order valence-electron chi connectivity index (χ0n) is 18.1. The number of nitrogens with zero attached hydrogens (tertiary/aromatic N) is 2. The predicted molar refractivity (Wildman–Crippen MR) is 118 cm³/mol. The van der Waals surface area contributed by atoms with Gasteiger partial charge in [0.15, 0.2) is 0 Å². The molecule has 2 rings (SSSR count). The lowest BCUT2D eigenvalue weighted by Gasteiger charge is -2.28. The summed E-state index contributed by atoms with van der Waals surface area (Å²) in [5, 5.41) is 2.96. The summed E-state index contributed by atoms with van der Waals surface area (Å²) in [6.07, 6.45) is 0. The molecule has 7 heteroatoms. The van der Waals surface area contributed by atoms with Crippen molar-refractivity contribution in [3.05, 3.63) is 59.7 Å². The smallest absolute Gasteiger partial charge is 0.264 e. The minimum Gasteiger partial charge on any atom is -0.351 e. The maximum atomic E-state index is 12.8. The summed E-state index contributed by atoms with van der Waals surface area (Å²) in [4.78, 5) is 14.8. The van der Waals surface area contributed by atoms with Crippen molar-refractivity contribution in [2.75, 3.05) is 38.5 Å². The minimum absolute atomic E-state index is 0.0541. The highest BCUT2D eigenvalue weighted by Gasteiger charge is 2.22. The van der Waals surface area contributed by atoms with E-state index in [9.17, 15) is 13.2 Å². The number of hydrogen-bond acceptors (Lipinski definition) is 4. The zero-order chi connectivity index (χ0) is 21.8. The minimum atomic E-state index is -3.65. The topological polar surface area (TPSA) is 69.7 Å². The largest absolute Gasteiger partial charge is 0.351 e. The number of benzene rings is 2. The Morgan fingerprint density at radius 3 is 2.03 bits per heavy atom. The molecule has 0 saturated heterocycles. The average Bonchev–Trinajstić information content (AvgIpc) is 2.65. The molecule has 0 bridgehead atoms. The van der Waals surface area contributed by atoms with Crippen molar-refractivity contribution in [2.24, 2.45) is 5.41 Å². The zero-order valence-corrected chi connectivity index (χ0v) is 18.9. The van der Waals surface area contributed by atoms with E-state index >= 15 is 0 Å². The highest BCUT2D eigenvalue weighted by atomic mass is 32.2. The van der Waals surface area contributed by atoms with Gasteiger partial charge in [0.25, 0.3) is 15.9 Å². The van der Waals surface area contributed by atoms with Crippen LogP contribution in [-0.2, 0) is 10.0 Å². The van der Waals surface area contributed by atoms with E-state index in [1.54, 1.807) is 48.5 Å². The third-order valence-corrected chi connectivity index (χ3v) is 6.44. The van der Waals surface area contributed by atoms with Gasteiger partial charge in [0.05, 0.1) is 10.6 Å². The summed E-state index contributed by atoms with van der Waals surface area (Å²) in [6.45, 7) is 7.51. The Labute approximate surface area is 174 Å². The summed E-state index contributed by atoms with van der Waals surface area (Å²) >= 11 is 0. The van der Waals surface area contributed by atoms with Crippen molar-refractivity contribution in [2.45, 2.75) is 25.7 Å². The quantitative estimate of drug-likeness (QED) is 0.716. The van der Waals surface area contributed by atoms with Crippen LogP contribution in [0.3, 0.4) is 0 Å². The standard InChI is InChI=1S/C22H31N3O3S/c1-17-7-13-20(14-8-17)29(27,28)25(6)19-11-9-18(10-12-19)21(26)23-15-22(2,3)16-24(4)5/h7-14H,15-16H2,1-6H3,(H,23,26). The lowest BCUT2D eigenvalue weighted by molar-refractivity contribution is 0.0929. The molecule has 0 heterocycles. The summed E-state index contributed by atoms with van der Waals surface area (Å²) in [5.41, 5.74) is 1.93. The monoisotopic (exact) mass is 417 g/mol. The number of carbonyl (C=O) groups is 1. The van der Waals surface area contributed by atoms with Crippen LogP contribution < -0.4 is 9.62 Å². The number of hydrogen-bond donors (Lipinski definition) is 1. The van der Waals surface area contributed by atoms with Crippen molar-refractivity contribution in [3.63, 3.8) is 0 Å². The average molecular weight is 418 g/mol. The van der Waals surface area contributed by atoms with Gasteiger partial charge in [-0.15, -0.1) is 0 Å². The number of rotatable bonds is 8. The Kier molecular flexibility index (Phi) is 7.08. The van der Waals surface area contributed by atoms with E-state index in [2.05, 4.69) is 24.1 Å². The lowest BCUT2D eigenvalue weighted by atomic mass is 9.93. The molecule has 2 aromatic rings. The molecular weight excluding hydrogens is 386 g/mol. The lowest BCUT2D eigenvalue weighted by Crippen LogP contribution is -2.40. The fourth-order valence-electron chi connectivity index (χ4n) is 3.16. The number of sulfonamides is 1. The number of aryl methyl sites for hydroxylation is 1. The Bertz CT molecular complexity index is 934. The summed E-state index contributed by atoms with van der Waals surface area (Å²) < 4.78 is 26.8. The van der Waals surface area contributed by atoms with Gasteiger partial charge in [-0.25, -0.2) is 8.42 Å². The van der Waals surface area contributed by atoms with Gasteiger partial charge in [-0.05, 0) is 62.8 Å². The van der Waals surface area contributed by atoms with Gasteiger partial charge < -0.3 is 10.2 Å². The third kappa shape index (κ3) is 6.05. The molecule has 29 heavy (non-hydrogen) atoms. The first-order chi connectivity index (χ1) is 13.4. The van der Waals surface area contributed by atoms with Gasteiger partial charge in [0, 0.05) is 25.7 Å². The van der Waals surface area contributed by atoms with Gasteiger partial charge >= 0.3 is 0 Å². The van der Waals surface area contributed by atoms with E-state index in [4.69, 9.17) is 0 Å². The molecule has 1 amide bonds. The maximum Gasteiger partial charge on any atom is 0.264 e. The molecule has 0 atom stereocenters. The molecule has 0 spiro atoms. The first kappa shape index (κ1) is 22.9. The fourth-order valence-corrected chi connectivity index (χ4v) is 4.36. The van der Waals surface area contributed by atoms with Gasteiger partial charge in [0.2, 0.25) is 0 Å². The Morgan fingerprint density at radius 2 is 1.52 bits per heavy atom. The van der Waals surface area contributed by atoms with Gasteiger partial charge in [-0.2, -0.15) is 0 Å². The van der Waals surface area contributed by atoms with Crippen LogP contribution in [0.25, 0.3) is 0 Å². The molecule has 0 saturated carbocycles. The normalized spacial score (nSPS) is 12.1. The van der Waals surface area contributed by atoms with Crippen LogP contribution >= 0.6 is 0 Å². The van der Waals surface area contributed by atoms with E-state index in [0.29, 0.717) is 17.8 Å². The van der Waals surface area contributed by atoms with Crippen LogP contribution in [0.2, 0.25) is 0 Å². The summed E-state index contributed by atoms with van der Waals surface area (Å²) in [5.74, 6) is -0.174. The van der Waals surface area contributed by atoms with Crippen molar-refractivity contribution >= 4 is 21.6 Å². The van der Waals surface area contributed by atoms with Gasteiger partial charge in [-0.1, -0.05) is 31.5 Å². The SMILES string of the molecule is Cc1ccc(S(=O)(=O)N(C)c2ccc(C(=O)NCC(C)(C)CN(C)C)cc2)cc1. The molecule has 0 unspecified atom stereocenters. The second-order valence-corrected chi connectivity index (χ2v) is 10.4. The van der Waals surface area contributed by atoms with Crippen molar-refractivity contribution < 1.29 is 13.2 Å². The Hall–Kier alpha value is -2.38. The molecule has 0 aliphatic carbocycles. The van der Waals surface area contributed by atoms with Crippen LogP contribution in [0, 0.1) is 12.3 Å². The molecule has 2 aromatic carbocycles. The maximum absolute atomic E-state index is 12.8. The second kappa shape index (κ2) is 8.97. The Balaban J connectivity index is 2.09. The number of nitrogens with one attached hydrogen (secondary N) is 1. The second-order valence-electron chi connectivity index (χ2n) is 8.42. The van der Waals surface area contributed by atoms with Crippen LogP contribution in [0.4, 0.5) is 5.69 Å². The van der Waals surface area contributed by atoms with Crippen LogP contribution in [-0.4, -0.2) is 53.5 Å². The molecule has 6 nitrogen and oxygen atoms in total. The van der Waals surface area contributed by atoms with E-state index in [1.165, 1.54) is 11.4 Å². The van der Waals surface area contributed by atoms with Crippen LogP contribution in [0.5, 0.6) is 0 Å². The summed E-state index contributed by atoms with van der Waals surface area (Å²) in [6, 6.07) is 13.3. The molecular formula is C22H31N3O3S. The van der Waals surface area contributed by atoms with E-state index in [0.717, 1.165) is 12.1 Å². The Morgan fingerprint density at radius 1 is 0.966 bits per heavy atom. The molecule has 0 radical (unpaired) electrons. The molecule has 0 aliphatic heterocycles. The number of amides is 1. The number of anilines is 1. The molecule has 0 fully saturated rings. The van der Waals surface area contributed by atoms with Crippen molar-refractivity contribution in [1.82, 2.24) is 10.2 Å². The fraction of sp³-hybridized carbons (Fsp3) is 0.409. The highest BCUT2D eigenvalue weighted by Crippen LogP contribution is 2.23. The van der Waals surface area contributed by atoms with Crippen LogP contribution in [0.15, 0.2) is 53.4 Å². The van der Waals surface area contributed by atoms with Gasteiger partial charge in [-0.3, -0.25) is 9.10 Å².